The van der Waals surface area contributed by atoms with Crippen LogP contribution in [0, 0.1) is 0 Å². The summed E-state index contributed by atoms with van der Waals surface area (Å²) in [5.74, 6) is 0.235. The Morgan fingerprint density at radius 2 is 2.11 bits per heavy atom. The van der Waals surface area contributed by atoms with Crippen molar-refractivity contribution in [1.29, 1.82) is 0 Å². The second kappa shape index (κ2) is 5.57. The lowest BCUT2D eigenvalue weighted by atomic mass is 10.2. The van der Waals surface area contributed by atoms with E-state index in [2.05, 4.69) is 40.4 Å². The molecule has 18 heavy (non-hydrogen) atoms. The minimum Gasteiger partial charge on any atom is -0.415 e. The number of nitrogens with zero attached hydrogens (tertiary/aromatic N) is 1. The maximum Gasteiger partial charge on any atom is 0.223 e. The van der Waals surface area contributed by atoms with E-state index in [1.165, 1.54) is 0 Å². The fourth-order valence-corrected chi connectivity index (χ4v) is 2.92. The van der Waals surface area contributed by atoms with Gasteiger partial charge in [-0.15, -0.1) is 6.58 Å². The largest absolute Gasteiger partial charge is 0.415 e. The first-order chi connectivity index (χ1) is 8.19. The van der Waals surface area contributed by atoms with Crippen LogP contribution in [-0.2, 0) is 9.22 Å². The van der Waals surface area contributed by atoms with E-state index in [0.717, 1.165) is 6.42 Å². The molecular formula is C14H27NO2Si. The van der Waals surface area contributed by atoms with Crippen LogP contribution >= 0.6 is 0 Å². The van der Waals surface area contributed by atoms with Crippen molar-refractivity contribution in [2.75, 3.05) is 13.2 Å². The van der Waals surface area contributed by atoms with Crippen LogP contribution < -0.4 is 0 Å². The highest BCUT2D eigenvalue weighted by atomic mass is 28.4. The van der Waals surface area contributed by atoms with Gasteiger partial charge in [-0.25, -0.2) is 0 Å². The van der Waals surface area contributed by atoms with Gasteiger partial charge in [-0.2, -0.15) is 0 Å². The third-order valence-corrected chi connectivity index (χ3v) is 8.72. The highest BCUT2D eigenvalue weighted by molar-refractivity contribution is 6.74. The van der Waals surface area contributed by atoms with Crippen molar-refractivity contribution < 1.29 is 9.22 Å². The number of amides is 1. The minimum absolute atomic E-state index is 0.221. The normalized spacial score (nSPS) is 21.5. The van der Waals surface area contributed by atoms with Gasteiger partial charge in [0.15, 0.2) is 8.32 Å². The summed E-state index contributed by atoms with van der Waals surface area (Å²) in [6.45, 7) is 16.2. The molecule has 0 radical (unpaired) electrons. The lowest BCUT2D eigenvalue weighted by Crippen LogP contribution is -2.45. The molecule has 1 aliphatic rings. The molecule has 1 heterocycles. The quantitative estimate of drug-likeness (QED) is 0.567. The van der Waals surface area contributed by atoms with Crippen LogP contribution in [0.5, 0.6) is 0 Å². The van der Waals surface area contributed by atoms with E-state index in [1.54, 1.807) is 6.08 Å². The van der Waals surface area contributed by atoms with Crippen molar-refractivity contribution in [3.05, 3.63) is 12.7 Å². The molecule has 0 saturated carbocycles. The molecule has 0 aromatic rings. The standard InChI is InChI=1S/C14H27NO2Si/c1-7-10-15-12(8-9-13(15)16)11-17-18(5,6)14(2,3)4/h7,12H,1,8-11H2,2-6H3/t12-/m0/s1. The van der Waals surface area contributed by atoms with E-state index in [4.69, 9.17) is 4.43 Å². The number of hydrogen-bond acceptors (Lipinski definition) is 2. The Balaban J connectivity index is 2.58. The van der Waals surface area contributed by atoms with Gasteiger partial charge in [0, 0.05) is 13.0 Å². The molecule has 1 rings (SSSR count). The molecule has 4 heteroatoms. The monoisotopic (exact) mass is 269 g/mol. The maximum atomic E-state index is 11.7. The molecule has 0 spiro atoms. The molecule has 1 amide bonds. The van der Waals surface area contributed by atoms with E-state index in [-0.39, 0.29) is 17.0 Å². The zero-order valence-corrected chi connectivity index (χ0v) is 13.5. The Bertz CT molecular complexity index is 320. The summed E-state index contributed by atoms with van der Waals surface area (Å²) in [4.78, 5) is 13.6. The first-order valence-electron chi connectivity index (χ1n) is 6.73. The SMILES string of the molecule is C=CCN1C(=O)CC[C@H]1CO[Si](C)(C)C(C)(C)C. The Labute approximate surface area is 112 Å². The average molecular weight is 269 g/mol. The van der Waals surface area contributed by atoms with Crippen molar-refractivity contribution in [2.24, 2.45) is 0 Å². The Morgan fingerprint density at radius 1 is 1.50 bits per heavy atom. The fraction of sp³-hybridized carbons (Fsp3) is 0.786. The minimum atomic E-state index is -1.71. The van der Waals surface area contributed by atoms with Gasteiger partial charge in [0.2, 0.25) is 5.91 Å². The summed E-state index contributed by atoms with van der Waals surface area (Å²) in [7, 11) is -1.71. The van der Waals surface area contributed by atoms with E-state index in [1.807, 2.05) is 4.90 Å². The zero-order chi connectivity index (χ0) is 14.0. The Hall–Kier alpha value is -0.613. The molecule has 0 aliphatic carbocycles. The highest BCUT2D eigenvalue weighted by Gasteiger charge is 2.39. The summed E-state index contributed by atoms with van der Waals surface area (Å²) in [6.07, 6.45) is 3.36. The molecule has 3 nitrogen and oxygen atoms in total. The first kappa shape index (κ1) is 15.4. The number of carbonyl (C=O) groups excluding carboxylic acids is 1. The van der Waals surface area contributed by atoms with Crippen LogP contribution in [0.2, 0.25) is 18.1 Å². The zero-order valence-electron chi connectivity index (χ0n) is 12.5. The molecule has 1 fully saturated rings. The molecule has 1 saturated heterocycles. The van der Waals surface area contributed by atoms with Gasteiger partial charge in [-0.3, -0.25) is 4.79 Å². The molecule has 0 aromatic carbocycles. The van der Waals surface area contributed by atoms with E-state index in [0.29, 0.717) is 19.6 Å². The van der Waals surface area contributed by atoms with Gasteiger partial charge >= 0.3 is 0 Å². The van der Waals surface area contributed by atoms with Crippen molar-refractivity contribution in [3.8, 4) is 0 Å². The number of hydrogen-bond donors (Lipinski definition) is 0. The average Bonchev–Trinajstić information content (AvgIpc) is 2.57. The molecule has 0 aromatic heterocycles. The smallest absolute Gasteiger partial charge is 0.223 e. The molecular weight excluding hydrogens is 242 g/mol. The van der Waals surface area contributed by atoms with Gasteiger partial charge in [0.25, 0.3) is 0 Å². The number of rotatable bonds is 5. The fourth-order valence-electron chi connectivity index (χ4n) is 1.88. The van der Waals surface area contributed by atoms with Crippen molar-refractivity contribution in [1.82, 2.24) is 4.90 Å². The van der Waals surface area contributed by atoms with E-state index >= 15 is 0 Å². The van der Waals surface area contributed by atoms with E-state index in [9.17, 15) is 4.79 Å². The van der Waals surface area contributed by atoms with Gasteiger partial charge in [0.05, 0.1) is 12.6 Å². The molecule has 104 valence electrons. The van der Waals surface area contributed by atoms with Crippen LogP contribution in [0.1, 0.15) is 33.6 Å². The number of carbonyl (C=O) groups is 1. The predicted octanol–water partition coefficient (Wildman–Crippen LogP) is 3.19. The Kier molecular flexibility index (Phi) is 4.78. The highest BCUT2D eigenvalue weighted by Crippen LogP contribution is 2.37. The second-order valence-electron chi connectivity index (χ2n) is 6.60. The van der Waals surface area contributed by atoms with Crippen molar-refractivity contribution in [2.45, 2.75) is 57.8 Å². The van der Waals surface area contributed by atoms with Gasteiger partial charge < -0.3 is 9.33 Å². The molecule has 1 aliphatic heterocycles. The molecule has 0 N–H and O–H groups in total. The van der Waals surface area contributed by atoms with Crippen molar-refractivity contribution in [3.63, 3.8) is 0 Å². The van der Waals surface area contributed by atoms with Gasteiger partial charge in [-0.05, 0) is 24.6 Å². The summed E-state index contributed by atoms with van der Waals surface area (Å²) in [5, 5.41) is 0.221. The summed E-state index contributed by atoms with van der Waals surface area (Å²) < 4.78 is 6.21. The van der Waals surface area contributed by atoms with Crippen LogP contribution in [0.3, 0.4) is 0 Å². The summed E-state index contributed by atoms with van der Waals surface area (Å²) in [6, 6.07) is 0.240. The van der Waals surface area contributed by atoms with Crippen LogP contribution in [0.4, 0.5) is 0 Å². The molecule has 0 unspecified atom stereocenters. The van der Waals surface area contributed by atoms with Gasteiger partial charge in [-0.1, -0.05) is 26.8 Å². The first-order valence-corrected chi connectivity index (χ1v) is 9.64. The maximum absolute atomic E-state index is 11.7. The van der Waals surface area contributed by atoms with Crippen molar-refractivity contribution >= 4 is 14.2 Å². The summed E-state index contributed by atoms with van der Waals surface area (Å²) >= 11 is 0. The van der Waals surface area contributed by atoms with Crippen LogP contribution in [0.15, 0.2) is 12.7 Å². The third kappa shape index (κ3) is 3.45. The van der Waals surface area contributed by atoms with Gasteiger partial charge in [0.1, 0.15) is 0 Å². The third-order valence-electron chi connectivity index (χ3n) is 4.22. The Morgan fingerprint density at radius 3 is 2.61 bits per heavy atom. The topological polar surface area (TPSA) is 29.5 Å². The summed E-state index contributed by atoms with van der Waals surface area (Å²) in [5.41, 5.74) is 0. The predicted molar refractivity (Wildman–Crippen MR) is 78.1 cm³/mol. The van der Waals surface area contributed by atoms with Crippen LogP contribution in [-0.4, -0.2) is 38.3 Å². The lowest BCUT2D eigenvalue weighted by molar-refractivity contribution is -0.128. The molecule has 1 atom stereocenters. The van der Waals surface area contributed by atoms with E-state index < -0.39 is 8.32 Å². The lowest BCUT2D eigenvalue weighted by Gasteiger charge is -2.37. The second-order valence-corrected chi connectivity index (χ2v) is 11.4. The molecule has 0 bridgehead atoms. The van der Waals surface area contributed by atoms with Crippen LogP contribution in [0.25, 0.3) is 0 Å². The number of likely N-dealkylation sites (tertiary alicyclic amines) is 1.